The van der Waals surface area contributed by atoms with Crippen LogP contribution in [-0.4, -0.2) is 33.6 Å². The van der Waals surface area contributed by atoms with Gasteiger partial charge in [0, 0.05) is 20.4 Å². The Bertz CT molecular complexity index is 502. The molecule has 0 saturated carbocycles. The Morgan fingerprint density at radius 2 is 2.35 bits per heavy atom. The number of hydrogen-bond acceptors (Lipinski definition) is 6. The Kier molecular flexibility index (Phi) is 2.95. The van der Waals surface area contributed by atoms with E-state index in [9.17, 15) is 0 Å². The average Bonchev–Trinajstić information content (AvgIpc) is 2.85. The van der Waals surface area contributed by atoms with E-state index < -0.39 is 5.54 Å². The van der Waals surface area contributed by atoms with Crippen LogP contribution in [0.1, 0.15) is 12.7 Å². The molecule has 17 heavy (non-hydrogen) atoms. The maximum absolute atomic E-state index is 6.01. The molecular weight excluding hydrogens is 222 g/mol. The van der Waals surface area contributed by atoms with Gasteiger partial charge in [0.1, 0.15) is 5.54 Å². The first-order chi connectivity index (χ1) is 8.03. The van der Waals surface area contributed by atoms with Gasteiger partial charge in [-0.1, -0.05) is 5.16 Å². The molecule has 2 aromatic heterocycles. The molecule has 0 radical (unpaired) electrons. The third-order valence-electron chi connectivity index (χ3n) is 2.31. The molecule has 0 aromatic carbocycles. The number of ether oxygens (including phenoxy) is 1. The molecule has 1 atom stereocenters. The van der Waals surface area contributed by atoms with Crippen molar-refractivity contribution in [1.82, 2.24) is 19.9 Å². The Labute approximate surface area is 98.6 Å². The van der Waals surface area contributed by atoms with Crippen molar-refractivity contribution in [3.8, 4) is 11.6 Å². The third-order valence-corrected chi connectivity index (χ3v) is 2.31. The van der Waals surface area contributed by atoms with Crippen molar-refractivity contribution in [3.05, 3.63) is 18.1 Å². The Hall–Kier alpha value is -1.73. The average molecular weight is 237 g/mol. The quantitative estimate of drug-likeness (QED) is 0.821. The largest absolute Gasteiger partial charge is 0.382 e. The van der Waals surface area contributed by atoms with Gasteiger partial charge in [-0.25, -0.2) is 0 Å². The van der Waals surface area contributed by atoms with Crippen LogP contribution < -0.4 is 5.73 Å². The minimum absolute atomic E-state index is 0.314. The lowest BCUT2D eigenvalue weighted by atomic mass is 10.1. The van der Waals surface area contributed by atoms with Crippen LogP contribution in [0.15, 0.2) is 16.8 Å². The number of rotatable bonds is 4. The van der Waals surface area contributed by atoms with Crippen molar-refractivity contribution < 1.29 is 9.26 Å². The summed E-state index contributed by atoms with van der Waals surface area (Å²) in [5.74, 6) is 0.758. The molecule has 2 N–H and O–H groups in total. The molecule has 7 heteroatoms. The van der Waals surface area contributed by atoms with Gasteiger partial charge in [0.05, 0.1) is 6.61 Å². The van der Waals surface area contributed by atoms with Gasteiger partial charge in [-0.2, -0.15) is 10.1 Å². The van der Waals surface area contributed by atoms with Crippen LogP contribution in [0.4, 0.5) is 0 Å². The molecule has 1 unspecified atom stereocenters. The highest BCUT2D eigenvalue weighted by molar-refractivity contribution is 5.45. The molecule has 2 heterocycles. The van der Waals surface area contributed by atoms with E-state index in [0.717, 1.165) is 0 Å². The van der Waals surface area contributed by atoms with E-state index in [1.165, 1.54) is 0 Å². The smallest absolute Gasteiger partial charge is 0.278 e. The van der Waals surface area contributed by atoms with Crippen LogP contribution in [-0.2, 0) is 17.3 Å². The van der Waals surface area contributed by atoms with E-state index in [1.807, 2.05) is 7.05 Å². The molecule has 2 aromatic rings. The van der Waals surface area contributed by atoms with Crippen molar-refractivity contribution in [3.63, 3.8) is 0 Å². The molecule has 0 aliphatic heterocycles. The molecule has 92 valence electrons. The monoisotopic (exact) mass is 237 g/mol. The zero-order valence-electron chi connectivity index (χ0n) is 10.0. The summed E-state index contributed by atoms with van der Waals surface area (Å²) < 4.78 is 11.8. The van der Waals surface area contributed by atoms with E-state index in [-0.39, 0.29) is 0 Å². The fraction of sp³-hybridized carbons (Fsp3) is 0.500. The molecule has 0 aliphatic carbocycles. The SMILES string of the molecule is COCC(C)(N)c1noc(-c2ccn(C)n2)n1. The first-order valence-electron chi connectivity index (χ1n) is 5.15. The van der Waals surface area contributed by atoms with Crippen LogP contribution >= 0.6 is 0 Å². The van der Waals surface area contributed by atoms with Gasteiger partial charge in [0.25, 0.3) is 5.89 Å². The topological polar surface area (TPSA) is 92.0 Å². The molecule has 0 amide bonds. The molecule has 0 aliphatic rings. The Morgan fingerprint density at radius 1 is 1.59 bits per heavy atom. The lowest BCUT2D eigenvalue weighted by Crippen LogP contribution is -2.38. The predicted molar refractivity (Wildman–Crippen MR) is 59.9 cm³/mol. The number of aryl methyl sites for hydroxylation is 1. The zero-order valence-corrected chi connectivity index (χ0v) is 10.0. The minimum atomic E-state index is -0.773. The summed E-state index contributed by atoms with van der Waals surface area (Å²) in [7, 11) is 3.39. The van der Waals surface area contributed by atoms with Crippen molar-refractivity contribution in [2.45, 2.75) is 12.5 Å². The summed E-state index contributed by atoms with van der Waals surface area (Å²) in [5, 5.41) is 8.02. The molecule has 0 spiro atoms. The van der Waals surface area contributed by atoms with Crippen molar-refractivity contribution in [2.24, 2.45) is 12.8 Å². The van der Waals surface area contributed by atoms with Gasteiger partial charge >= 0.3 is 0 Å². The second-order valence-corrected chi connectivity index (χ2v) is 4.15. The highest BCUT2D eigenvalue weighted by Crippen LogP contribution is 2.19. The first kappa shape index (κ1) is 11.7. The molecule has 0 bridgehead atoms. The van der Waals surface area contributed by atoms with Gasteiger partial charge < -0.3 is 15.0 Å². The number of methoxy groups -OCH3 is 1. The van der Waals surface area contributed by atoms with Crippen molar-refractivity contribution in [1.29, 1.82) is 0 Å². The highest BCUT2D eigenvalue weighted by Gasteiger charge is 2.28. The number of nitrogens with two attached hydrogens (primary N) is 1. The summed E-state index contributed by atoms with van der Waals surface area (Å²) >= 11 is 0. The molecule has 0 saturated heterocycles. The Balaban J connectivity index is 2.27. The number of nitrogens with zero attached hydrogens (tertiary/aromatic N) is 4. The molecule has 0 fully saturated rings. The standard InChI is InChI=1S/C10H15N5O2/c1-10(11,6-16-3)9-12-8(17-14-9)7-4-5-15(2)13-7/h4-5H,6,11H2,1-3H3. The molecule has 7 nitrogen and oxygen atoms in total. The zero-order chi connectivity index (χ0) is 12.5. The van der Waals surface area contributed by atoms with Crippen LogP contribution in [0.3, 0.4) is 0 Å². The van der Waals surface area contributed by atoms with Crippen molar-refractivity contribution in [2.75, 3.05) is 13.7 Å². The van der Waals surface area contributed by atoms with Gasteiger partial charge in [-0.05, 0) is 13.0 Å². The predicted octanol–water partition coefficient (Wildman–Crippen LogP) is 0.290. The summed E-state index contributed by atoms with van der Waals surface area (Å²) in [6, 6.07) is 1.79. The van der Waals surface area contributed by atoms with Gasteiger partial charge in [-0.15, -0.1) is 0 Å². The molecular formula is C10H15N5O2. The van der Waals surface area contributed by atoms with E-state index in [2.05, 4.69) is 15.2 Å². The van der Waals surface area contributed by atoms with Crippen LogP contribution in [0.2, 0.25) is 0 Å². The summed E-state index contributed by atoms with van der Waals surface area (Å²) in [4.78, 5) is 4.23. The third kappa shape index (κ3) is 2.34. The Morgan fingerprint density at radius 3 is 2.94 bits per heavy atom. The van der Waals surface area contributed by atoms with Crippen LogP contribution in [0.5, 0.6) is 0 Å². The van der Waals surface area contributed by atoms with E-state index in [1.54, 1.807) is 31.0 Å². The first-order valence-corrected chi connectivity index (χ1v) is 5.15. The number of hydrogen-bond donors (Lipinski definition) is 1. The summed E-state index contributed by atoms with van der Waals surface area (Å²) in [6.45, 7) is 2.09. The highest BCUT2D eigenvalue weighted by atomic mass is 16.5. The molecule has 2 rings (SSSR count). The van der Waals surface area contributed by atoms with Gasteiger partial charge in [0.2, 0.25) is 0 Å². The maximum Gasteiger partial charge on any atom is 0.278 e. The normalized spacial score (nSPS) is 14.8. The number of aromatic nitrogens is 4. The lowest BCUT2D eigenvalue weighted by molar-refractivity contribution is 0.135. The van der Waals surface area contributed by atoms with E-state index >= 15 is 0 Å². The van der Waals surface area contributed by atoms with Gasteiger partial charge in [-0.3, -0.25) is 4.68 Å². The fourth-order valence-electron chi connectivity index (χ4n) is 1.45. The lowest BCUT2D eigenvalue weighted by Gasteiger charge is -2.18. The summed E-state index contributed by atoms with van der Waals surface area (Å²) in [5.41, 5.74) is 5.86. The second-order valence-electron chi connectivity index (χ2n) is 4.15. The maximum atomic E-state index is 6.01. The van der Waals surface area contributed by atoms with E-state index in [4.69, 9.17) is 15.0 Å². The fourth-order valence-corrected chi connectivity index (χ4v) is 1.45. The minimum Gasteiger partial charge on any atom is -0.382 e. The van der Waals surface area contributed by atoms with Gasteiger partial charge in [0.15, 0.2) is 11.5 Å². The van der Waals surface area contributed by atoms with Crippen LogP contribution in [0.25, 0.3) is 11.6 Å². The van der Waals surface area contributed by atoms with Crippen molar-refractivity contribution >= 4 is 0 Å². The van der Waals surface area contributed by atoms with Crippen LogP contribution in [0, 0.1) is 0 Å². The second kappa shape index (κ2) is 4.27. The van der Waals surface area contributed by atoms with E-state index in [0.29, 0.717) is 24.0 Å². The summed E-state index contributed by atoms with van der Waals surface area (Å²) in [6.07, 6.45) is 1.80.